The number of ether oxygens (including phenoxy) is 2. The average Bonchev–Trinajstić information content (AvgIpc) is 2.67. The second-order valence-corrected chi connectivity index (χ2v) is 5.59. The first-order valence-electron chi connectivity index (χ1n) is 8.19. The second kappa shape index (κ2) is 9.36. The topological polar surface area (TPSA) is 81.7 Å². The van der Waals surface area contributed by atoms with Gasteiger partial charge in [-0.25, -0.2) is 4.79 Å². The summed E-state index contributed by atoms with van der Waals surface area (Å²) in [6.07, 6.45) is 0.854. The Morgan fingerprint density at radius 2 is 1.62 bits per heavy atom. The minimum atomic E-state index is -0.518. The number of Topliss-reactive ketones (excluding diaryl/α,β-unsaturated/α-hetero) is 1. The maximum atomic E-state index is 12.1. The van der Waals surface area contributed by atoms with E-state index in [0.717, 1.165) is 0 Å². The Hall–Kier alpha value is -3.15. The van der Waals surface area contributed by atoms with E-state index in [1.807, 2.05) is 0 Å². The Labute approximate surface area is 152 Å². The lowest BCUT2D eigenvalue weighted by Crippen LogP contribution is -2.15. The molecule has 26 heavy (non-hydrogen) atoms. The monoisotopic (exact) mass is 355 g/mol. The van der Waals surface area contributed by atoms with E-state index in [4.69, 9.17) is 9.47 Å². The van der Waals surface area contributed by atoms with Crippen LogP contribution in [0.4, 0.5) is 5.69 Å². The minimum Gasteiger partial charge on any atom is -0.497 e. The number of benzene rings is 2. The van der Waals surface area contributed by atoms with Crippen molar-refractivity contribution in [3.05, 3.63) is 59.7 Å². The number of methoxy groups -OCH3 is 2. The number of esters is 1. The van der Waals surface area contributed by atoms with Crippen molar-refractivity contribution < 1.29 is 23.9 Å². The number of hydrogen-bond donors (Lipinski definition) is 1. The van der Waals surface area contributed by atoms with Crippen LogP contribution >= 0.6 is 0 Å². The number of para-hydroxylation sites is 1. The third kappa shape index (κ3) is 5.17. The largest absolute Gasteiger partial charge is 0.497 e. The average molecular weight is 355 g/mol. The van der Waals surface area contributed by atoms with E-state index in [-0.39, 0.29) is 30.1 Å². The van der Waals surface area contributed by atoms with Gasteiger partial charge in [-0.05, 0) is 42.8 Å². The van der Waals surface area contributed by atoms with Gasteiger partial charge in [-0.2, -0.15) is 0 Å². The zero-order chi connectivity index (χ0) is 18.9. The maximum Gasteiger partial charge on any atom is 0.339 e. The number of carbonyl (C=O) groups is 3. The first kappa shape index (κ1) is 19.2. The van der Waals surface area contributed by atoms with Crippen LogP contribution in [0.5, 0.6) is 5.75 Å². The first-order chi connectivity index (χ1) is 12.5. The molecule has 136 valence electrons. The molecular formula is C20H21NO5. The van der Waals surface area contributed by atoms with Crippen molar-refractivity contribution in [3.8, 4) is 5.75 Å². The first-order valence-corrected chi connectivity index (χ1v) is 8.19. The summed E-state index contributed by atoms with van der Waals surface area (Å²) in [5.41, 5.74) is 1.27. The fourth-order valence-electron chi connectivity index (χ4n) is 2.42. The molecule has 0 unspecified atom stereocenters. The number of amides is 1. The molecule has 1 N–H and O–H groups in total. The van der Waals surface area contributed by atoms with E-state index in [0.29, 0.717) is 23.4 Å². The van der Waals surface area contributed by atoms with Gasteiger partial charge in [0.1, 0.15) is 5.75 Å². The number of carbonyl (C=O) groups excluding carboxylic acids is 3. The van der Waals surface area contributed by atoms with Crippen LogP contribution in [0, 0.1) is 0 Å². The zero-order valence-electron chi connectivity index (χ0n) is 14.8. The molecule has 0 bridgehead atoms. The van der Waals surface area contributed by atoms with Gasteiger partial charge in [0.15, 0.2) is 5.78 Å². The molecular weight excluding hydrogens is 334 g/mol. The lowest BCUT2D eigenvalue weighted by atomic mass is 10.1. The van der Waals surface area contributed by atoms with Gasteiger partial charge in [0, 0.05) is 18.4 Å². The van der Waals surface area contributed by atoms with Crippen LogP contribution in [0.25, 0.3) is 0 Å². The van der Waals surface area contributed by atoms with E-state index in [2.05, 4.69) is 5.32 Å². The summed E-state index contributed by atoms with van der Waals surface area (Å²) in [4.78, 5) is 35.9. The molecule has 2 rings (SSSR count). The molecule has 0 aliphatic carbocycles. The van der Waals surface area contributed by atoms with Gasteiger partial charge < -0.3 is 14.8 Å². The van der Waals surface area contributed by atoms with Crippen molar-refractivity contribution in [2.24, 2.45) is 0 Å². The minimum absolute atomic E-state index is 0.0320. The van der Waals surface area contributed by atoms with E-state index >= 15 is 0 Å². The van der Waals surface area contributed by atoms with E-state index in [9.17, 15) is 14.4 Å². The van der Waals surface area contributed by atoms with Crippen LogP contribution in [0.2, 0.25) is 0 Å². The molecule has 0 heterocycles. The summed E-state index contributed by atoms with van der Waals surface area (Å²) in [5.74, 6) is -0.125. The van der Waals surface area contributed by atoms with Crippen molar-refractivity contribution in [1.29, 1.82) is 0 Å². The molecule has 0 saturated carbocycles. The van der Waals surface area contributed by atoms with Gasteiger partial charge in [-0.3, -0.25) is 9.59 Å². The van der Waals surface area contributed by atoms with Gasteiger partial charge in [0.05, 0.1) is 25.5 Å². The third-order valence-corrected chi connectivity index (χ3v) is 3.83. The van der Waals surface area contributed by atoms with E-state index in [1.165, 1.54) is 7.11 Å². The molecule has 0 atom stereocenters. The predicted molar refractivity (Wildman–Crippen MR) is 97.6 cm³/mol. The summed E-state index contributed by atoms with van der Waals surface area (Å²) >= 11 is 0. The molecule has 1 amide bonds. The van der Waals surface area contributed by atoms with Crippen LogP contribution in [0.15, 0.2) is 48.5 Å². The molecule has 0 aliphatic heterocycles. The predicted octanol–water partition coefficient (Wildman–Crippen LogP) is 3.47. The smallest absolute Gasteiger partial charge is 0.339 e. The molecule has 0 spiro atoms. The summed E-state index contributed by atoms with van der Waals surface area (Å²) < 4.78 is 9.75. The highest BCUT2D eigenvalue weighted by atomic mass is 16.5. The molecule has 0 aliphatic rings. The Morgan fingerprint density at radius 1 is 0.923 bits per heavy atom. The summed E-state index contributed by atoms with van der Waals surface area (Å²) in [7, 11) is 2.85. The maximum absolute atomic E-state index is 12.1. The highest BCUT2D eigenvalue weighted by Gasteiger charge is 2.13. The Kier molecular flexibility index (Phi) is 6.91. The van der Waals surface area contributed by atoms with Gasteiger partial charge in [-0.1, -0.05) is 12.1 Å². The van der Waals surface area contributed by atoms with Crippen molar-refractivity contribution in [2.45, 2.75) is 19.3 Å². The Bertz CT molecular complexity index is 783. The van der Waals surface area contributed by atoms with Gasteiger partial charge in [0.25, 0.3) is 0 Å². The molecule has 6 heteroatoms. The van der Waals surface area contributed by atoms with Crippen molar-refractivity contribution in [3.63, 3.8) is 0 Å². The molecule has 0 aromatic heterocycles. The molecule has 0 radical (unpaired) electrons. The van der Waals surface area contributed by atoms with E-state index < -0.39 is 5.97 Å². The quantitative estimate of drug-likeness (QED) is 0.579. The SMILES string of the molecule is COC(=O)c1ccccc1NC(=O)CCCC(=O)c1ccc(OC)cc1. The molecule has 2 aromatic carbocycles. The summed E-state index contributed by atoms with van der Waals surface area (Å²) in [6, 6.07) is 13.5. The number of rotatable bonds is 8. The molecule has 0 saturated heterocycles. The number of anilines is 1. The van der Waals surface area contributed by atoms with Crippen molar-refractivity contribution in [2.75, 3.05) is 19.5 Å². The normalized spacial score (nSPS) is 10.1. The fourth-order valence-corrected chi connectivity index (χ4v) is 2.42. The lowest BCUT2D eigenvalue weighted by molar-refractivity contribution is -0.116. The Balaban J connectivity index is 1.85. The standard InChI is InChI=1S/C20H21NO5/c1-25-15-12-10-14(11-13-15)18(22)8-5-9-19(23)21-17-7-4-3-6-16(17)20(24)26-2/h3-4,6-7,10-13H,5,8-9H2,1-2H3,(H,21,23). The molecule has 6 nitrogen and oxygen atoms in total. The van der Waals surface area contributed by atoms with Crippen molar-refractivity contribution in [1.82, 2.24) is 0 Å². The van der Waals surface area contributed by atoms with Crippen LogP contribution in [0.1, 0.15) is 40.0 Å². The van der Waals surface area contributed by atoms with Crippen molar-refractivity contribution >= 4 is 23.3 Å². The van der Waals surface area contributed by atoms with Gasteiger partial charge in [0.2, 0.25) is 5.91 Å². The third-order valence-electron chi connectivity index (χ3n) is 3.83. The van der Waals surface area contributed by atoms with Crippen LogP contribution in [-0.2, 0) is 9.53 Å². The molecule has 0 fully saturated rings. The number of nitrogens with one attached hydrogen (secondary N) is 1. The lowest BCUT2D eigenvalue weighted by Gasteiger charge is -2.09. The number of ketones is 1. The Morgan fingerprint density at radius 3 is 2.27 bits per heavy atom. The van der Waals surface area contributed by atoms with Crippen LogP contribution in [-0.4, -0.2) is 31.9 Å². The van der Waals surface area contributed by atoms with E-state index in [1.54, 1.807) is 55.6 Å². The molecule has 2 aromatic rings. The van der Waals surface area contributed by atoms with Crippen LogP contribution in [0.3, 0.4) is 0 Å². The number of hydrogen-bond acceptors (Lipinski definition) is 5. The fraction of sp³-hybridized carbons (Fsp3) is 0.250. The second-order valence-electron chi connectivity index (χ2n) is 5.59. The highest BCUT2D eigenvalue weighted by molar-refractivity contribution is 6.01. The summed E-state index contributed by atoms with van der Waals surface area (Å²) in [6.45, 7) is 0. The highest BCUT2D eigenvalue weighted by Crippen LogP contribution is 2.17. The van der Waals surface area contributed by atoms with Crippen LogP contribution < -0.4 is 10.1 Å². The van der Waals surface area contributed by atoms with Gasteiger partial charge in [-0.15, -0.1) is 0 Å². The summed E-state index contributed by atoms with van der Waals surface area (Å²) in [5, 5.41) is 2.69. The van der Waals surface area contributed by atoms with Gasteiger partial charge >= 0.3 is 5.97 Å². The zero-order valence-corrected chi connectivity index (χ0v) is 14.8.